The van der Waals surface area contributed by atoms with Gasteiger partial charge in [-0.1, -0.05) is 0 Å². The molecule has 0 aliphatic heterocycles. The molecule has 1 N–H and O–H groups in total. The van der Waals surface area contributed by atoms with Gasteiger partial charge in [-0.05, 0) is 13.8 Å². The Kier molecular flexibility index (Phi) is 4.17. The Morgan fingerprint density at radius 2 is 2.27 bits per heavy atom. The maximum Gasteiger partial charge on any atom is 0.322 e. The third-order valence-electron chi connectivity index (χ3n) is 1.98. The van der Waals surface area contributed by atoms with E-state index in [4.69, 9.17) is 0 Å². The van der Waals surface area contributed by atoms with Crippen molar-refractivity contribution >= 4 is 5.97 Å². The van der Waals surface area contributed by atoms with Crippen molar-refractivity contribution in [1.82, 2.24) is 15.3 Å². The Hall–Kier alpha value is -1.49. The maximum absolute atomic E-state index is 11.1. The monoisotopic (exact) mass is 209 g/mol. The lowest BCUT2D eigenvalue weighted by Gasteiger charge is -2.10. The van der Waals surface area contributed by atoms with Crippen LogP contribution in [0.15, 0.2) is 12.4 Å². The van der Waals surface area contributed by atoms with E-state index in [0.717, 1.165) is 11.4 Å². The number of carbonyl (C=O) groups is 1. The summed E-state index contributed by atoms with van der Waals surface area (Å²) in [6.07, 6.45) is 3.38. The van der Waals surface area contributed by atoms with E-state index < -0.39 is 0 Å². The predicted molar refractivity (Wildman–Crippen MR) is 55.1 cm³/mol. The van der Waals surface area contributed by atoms with Gasteiger partial charge in [-0.15, -0.1) is 0 Å². The van der Waals surface area contributed by atoms with Crippen molar-refractivity contribution in [2.45, 2.75) is 26.4 Å². The molecule has 0 saturated heterocycles. The van der Waals surface area contributed by atoms with Gasteiger partial charge in [0.15, 0.2) is 0 Å². The molecule has 0 radical (unpaired) electrons. The van der Waals surface area contributed by atoms with E-state index in [1.165, 1.54) is 7.11 Å². The summed E-state index contributed by atoms with van der Waals surface area (Å²) in [6.45, 7) is 4.12. The summed E-state index contributed by atoms with van der Waals surface area (Å²) in [6, 6.07) is -0.335. The lowest BCUT2D eigenvalue weighted by atomic mass is 10.3. The van der Waals surface area contributed by atoms with Gasteiger partial charge in [0.05, 0.1) is 18.5 Å². The van der Waals surface area contributed by atoms with Crippen LogP contribution >= 0.6 is 0 Å². The molecule has 1 aromatic rings. The molecule has 0 aliphatic rings. The predicted octanol–water partition coefficient (Wildman–Crippen LogP) is 0.436. The molecule has 0 fully saturated rings. The first-order valence-corrected chi connectivity index (χ1v) is 4.72. The van der Waals surface area contributed by atoms with Gasteiger partial charge in [-0.25, -0.2) is 0 Å². The van der Waals surface area contributed by atoms with Gasteiger partial charge < -0.3 is 4.74 Å². The van der Waals surface area contributed by atoms with E-state index >= 15 is 0 Å². The van der Waals surface area contributed by atoms with E-state index in [2.05, 4.69) is 20.0 Å². The molecule has 0 bridgehead atoms. The van der Waals surface area contributed by atoms with Gasteiger partial charge in [0.2, 0.25) is 0 Å². The molecular weight excluding hydrogens is 194 g/mol. The van der Waals surface area contributed by atoms with Crippen molar-refractivity contribution in [3.8, 4) is 0 Å². The number of carbonyl (C=O) groups excluding carboxylic acids is 1. The molecule has 0 aliphatic carbocycles. The summed E-state index contributed by atoms with van der Waals surface area (Å²) in [5.74, 6) is -0.282. The number of aryl methyl sites for hydroxylation is 1. The molecular formula is C10H15N3O2. The van der Waals surface area contributed by atoms with Crippen molar-refractivity contribution in [2.24, 2.45) is 0 Å². The molecule has 0 saturated carbocycles. The van der Waals surface area contributed by atoms with E-state index in [-0.39, 0.29) is 12.0 Å². The highest BCUT2D eigenvalue weighted by molar-refractivity contribution is 5.74. The van der Waals surface area contributed by atoms with Crippen LogP contribution in [0.25, 0.3) is 0 Å². The first-order chi connectivity index (χ1) is 7.13. The molecule has 82 valence electrons. The number of nitrogens with one attached hydrogen (secondary N) is 1. The average Bonchev–Trinajstić information content (AvgIpc) is 2.26. The highest BCUT2D eigenvalue weighted by Gasteiger charge is 2.11. The summed E-state index contributed by atoms with van der Waals surface area (Å²) in [7, 11) is 1.37. The Morgan fingerprint density at radius 3 is 2.80 bits per heavy atom. The van der Waals surface area contributed by atoms with Crippen LogP contribution in [0, 0.1) is 6.92 Å². The van der Waals surface area contributed by atoms with Gasteiger partial charge in [0.25, 0.3) is 0 Å². The van der Waals surface area contributed by atoms with Crippen LogP contribution in [0.4, 0.5) is 0 Å². The Bertz CT molecular complexity index is 324. The first-order valence-electron chi connectivity index (χ1n) is 4.72. The second kappa shape index (κ2) is 5.41. The molecule has 0 amide bonds. The van der Waals surface area contributed by atoms with Gasteiger partial charge in [0.1, 0.15) is 6.04 Å². The fourth-order valence-corrected chi connectivity index (χ4v) is 1.03. The summed E-state index contributed by atoms with van der Waals surface area (Å²) >= 11 is 0. The van der Waals surface area contributed by atoms with Crippen molar-refractivity contribution in [2.75, 3.05) is 7.11 Å². The second-order valence-electron chi connectivity index (χ2n) is 3.27. The molecule has 1 rings (SSSR count). The first kappa shape index (κ1) is 11.6. The van der Waals surface area contributed by atoms with Crippen LogP contribution < -0.4 is 5.32 Å². The van der Waals surface area contributed by atoms with Crippen LogP contribution in [-0.4, -0.2) is 29.1 Å². The Balaban J connectivity index is 2.43. The lowest BCUT2D eigenvalue weighted by Crippen LogP contribution is -2.34. The highest BCUT2D eigenvalue weighted by Crippen LogP contribution is 1.95. The lowest BCUT2D eigenvalue weighted by molar-refractivity contribution is -0.142. The van der Waals surface area contributed by atoms with Crippen molar-refractivity contribution in [3.05, 3.63) is 23.8 Å². The topological polar surface area (TPSA) is 64.1 Å². The zero-order valence-electron chi connectivity index (χ0n) is 9.15. The summed E-state index contributed by atoms with van der Waals surface area (Å²) in [5.41, 5.74) is 1.68. The van der Waals surface area contributed by atoms with E-state index in [1.54, 1.807) is 19.3 Å². The highest BCUT2D eigenvalue weighted by atomic mass is 16.5. The Morgan fingerprint density at radius 1 is 1.53 bits per heavy atom. The molecule has 5 heteroatoms. The van der Waals surface area contributed by atoms with Crippen molar-refractivity contribution in [1.29, 1.82) is 0 Å². The summed E-state index contributed by atoms with van der Waals surface area (Å²) < 4.78 is 4.58. The van der Waals surface area contributed by atoms with Crippen molar-refractivity contribution < 1.29 is 9.53 Å². The third-order valence-corrected chi connectivity index (χ3v) is 1.98. The zero-order chi connectivity index (χ0) is 11.3. The van der Waals surface area contributed by atoms with Crippen LogP contribution in [0.3, 0.4) is 0 Å². The van der Waals surface area contributed by atoms with Crippen LogP contribution in [0.2, 0.25) is 0 Å². The molecule has 1 atom stereocenters. The number of hydrogen-bond donors (Lipinski definition) is 1. The summed E-state index contributed by atoms with van der Waals surface area (Å²) in [5, 5.41) is 2.99. The number of nitrogens with zero attached hydrogens (tertiary/aromatic N) is 2. The largest absolute Gasteiger partial charge is 0.468 e. The van der Waals surface area contributed by atoms with Gasteiger partial charge in [-0.3, -0.25) is 20.1 Å². The second-order valence-corrected chi connectivity index (χ2v) is 3.27. The fraction of sp³-hybridized carbons (Fsp3) is 0.500. The normalized spacial score (nSPS) is 12.2. The molecule has 1 aromatic heterocycles. The van der Waals surface area contributed by atoms with Gasteiger partial charge >= 0.3 is 5.97 Å². The minimum atomic E-state index is -0.335. The molecule has 0 aromatic carbocycles. The molecule has 1 unspecified atom stereocenters. The number of methoxy groups -OCH3 is 1. The van der Waals surface area contributed by atoms with E-state index in [1.807, 2.05) is 6.92 Å². The Labute approximate surface area is 88.9 Å². The molecule has 5 nitrogen and oxygen atoms in total. The van der Waals surface area contributed by atoms with Crippen LogP contribution in [-0.2, 0) is 16.1 Å². The van der Waals surface area contributed by atoms with Crippen molar-refractivity contribution in [3.63, 3.8) is 0 Å². The average molecular weight is 209 g/mol. The SMILES string of the molecule is COC(=O)C(C)NCc1cnc(C)cn1. The molecule has 15 heavy (non-hydrogen) atoms. The van der Waals surface area contributed by atoms with Gasteiger partial charge in [0, 0.05) is 18.9 Å². The smallest absolute Gasteiger partial charge is 0.322 e. The van der Waals surface area contributed by atoms with E-state index in [0.29, 0.717) is 6.54 Å². The fourth-order valence-electron chi connectivity index (χ4n) is 1.03. The van der Waals surface area contributed by atoms with Gasteiger partial charge in [-0.2, -0.15) is 0 Å². The number of esters is 1. The summed E-state index contributed by atoms with van der Waals surface area (Å²) in [4.78, 5) is 19.3. The number of hydrogen-bond acceptors (Lipinski definition) is 5. The maximum atomic E-state index is 11.1. The quantitative estimate of drug-likeness (QED) is 0.729. The van der Waals surface area contributed by atoms with Crippen LogP contribution in [0.5, 0.6) is 0 Å². The molecule has 0 spiro atoms. The standard InChI is InChI=1S/C10H15N3O2/c1-7-4-13-9(5-11-7)6-12-8(2)10(14)15-3/h4-5,8,12H,6H2,1-3H3. The third kappa shape index (κ3) is 3.63. The number of rotatable bonds is 4. The minimum Gasteiger partial charge on any atom is -0.468 e. The van der Waals surface area contributed by atoms with Crippen LogP contribution in [0.1, 0.15) is 18.3 Å². The minimum absolute atomic E-state index is 0.282. The molecule has 1 heterocycles. The zero-order valence-corrected chi connectivity index (χ0v) is 9.15. The van der Waals surface area contributed by atoms with E-state index in [9.17, 15) is 4.79 Å². The number of aromatic nitrogens is 2. The number of ether oxygens (including phenoxy) is 1.